The molecule has 0 amide bonds. The van der Waals surface area contributed by atoms with Crippen LogP contribution in [-0.2, 0) is 17.1 Å². The van der Waals surface area contributed by atoms with Crippen LogP contribution < -0.4 is 0 Å². The van der Waals surface area contributed by atoms with Crippen molar-refractivity contribution in [3.8, 4) is 0 Å². The van der Waals surface area contributed by atoms with Gasteiger partial charge in [-0.2, -0.15) is 26.3 Å². The summed E-state index contributed by atoms with van der Waals surface area (Å²) in [5.74, 6) is -1.27. The van der Waals surface area contributed by atoms with Crippen LogP contribution in [0.25, 0.3) is 0 Å². The zero-order valence-corrected chi connectivity index (χ0v) is 14.8. The predicted octanol–water partition coefficient (Wildman–Crippen LogP) is 6.28. The Kier molecular flexibility index (Phi) is 6.19. The molecule has 1 atom stereocenters. The molecule has 2 aromatic rings. The number of ether oxygens (including phenoxy) is 1. The summed E-state index contributed by atoms with van der Waals surface area (Å²) < 4.78 is 108. The number of carbonyl (C=O) groups is 1. The van der Waals surface area contributed by atoms with Crippen LogP contribution in [0, 0.1) is 6.92 Å². The second-order valence-electron chi connectivity index (χ2n) is 6.11. The molecular weight excluding hydrogens is 414 g/mol. The standard InChI is InChI=1S/C18H13F8NO2/c1-8-7-27-14(6-13(8)15(19)20)16(28)29-9(2)10-3-11(17(21,22)23)5-12(4-10)18(24,25)26/h3-7,9,15H,1-2H3/t9-/m1/s1. The number of aromatic nitrogens is 1. The molecule has 0 fully saturated rings. The van der Waals surface area contributed by atoms with E-state index in [1.807, 2.05) is 0 Å². The van der Waals surface area contributed by atoms with Crippen LogP contribution in [0.5, 0.6) is 0 Å². The van der Waals surface area contributed by atoms with Gasteiger partial charge >= 0.3 is 18.3 Å². The van der Waals surface area contributed by atoms with Crippen LogP contribution in [0.1, 0.15) is 57.8 Å². The Morgan fingerprint density at radius 1 is 0.966 bits per heavy atom. The van der Waals surface area contributed by atoms with Crippen molar-refractivity contribution in [2.45, 2.75) is 38.7 Å². The molecule has 0 radical (unpaired) electrons. The molecule has 1 aromatic carbocycles. The van der Waals surface area contributed by atoms with Gasteiger partial charge in [0.1, 0.15) is 11.8 Å². The Hall–Kier alpha value is -2.72. The molecule has 0 spiro atoms. The molecule has 158 valence electrons. The van der Waals surface area contributed by atoms with E-state index in [-0.39, 0.29) is 11.6 Å². The summed E-state index contributed by atoms with van der Waals surface area (Å²) in [6, 6.07) is 1.53. The first-order valence-electron chi connectivity index (χ1n) is 7.95. The van der Waals surface area contributed by atoms with Gasteiger partial charge in [0.2, 0.25) is 0 Å². The van der Waals surface area contributed by atoms with E-state index in [1.54, 1.807) is 0 Å². The third kappa shape index (κ3) is 5.42. The van der Waals surface area contributed by atoms with Crippen LogP contribution in [0.4, 0.5) is 35.1 Å². The minimum absolute atomic E-state index is 0.0610. The molecule has 0 N–H and O–H groups in total. The second kappa shape index (κ2) is 7.96. The van der Waals surface area contributed by atoms with Crippen molar-refractivity contribution in [2.24, 2.45) is 0 Å². The summed E-state index contributed by atoms with van der Waals surface area (Å²) in [4.78, 5) is 15.7. The van der Waals surface area contributed by atoms with Crippen LogP contribution in [0.15, 0.2) is 30.5 Å². The molecule has 0 saturated carbocycles. The van der Waals surface area contributed by atoms with E-state index in [4.69, 9.17) is 4.74 Å². The SMILES string of the molecule is Cc1cnc(C(=O)O[C@H](C)c2cc(C(F)(F)F)cc(C(F)(F)F)c2)cc1C(F)F. The second-order valence-corrected chi connectivity index (χ2v) is 6.11. The highest BCUT2D eigenvalue weighted by atomic mass is 19.4. The van der Waals surface area contributed by atoms with Crippen molar-refractivity contribution < 1.29 is 44.7 Å². The Morgan fingerprint density at radius 2 is 1.48 bits per heavy atom. The van der Waals surface area contributed by atoms with Gasteiger partial charge in [-0.3, -0.25) is 0 Å². The molecule has 29 heavy (non-hydrogen) atoms. The number of halogens is 8. The van der Waals surface area contributed by atoms with Crippen molar-refractivity contribution in [1.82, 2.24) is 4.98 Å². The number of hydrogen-bond donors (Lipinski definition) is 0. The maximum atomic E-state index is 12.9. The van der Waals surface area contributed by atoms with Gasteiger partial charge in [0.15, 0.2) is 0 Å². The summed E-state index contributed by atoms with van der Waals surface area (Å²) in [5.41, 5.74) is -4.67. The van der Waals surface area contributed by atoms with Gasteiger partial charge < -0.3 is 4.74 Å². The molecule has 0 aliphatic heterocycles. The quantitative estimate of drug-likeness (QED) is 0.426. The fraction of sp³-hybridized carbons (Fsp3) is 0.333. The minimum Gasteiger partial charge on any atom is -0.453 e. The molecule has 3 nitrogen and oxygen atoms in total. The topological polar surface area (TPSA) is 39.2 Å². The lowest BCUT2D eigenvalue weighted by Gasteiger charge is -2.18. The summed E-state index contributed by atoms with van der Waals surface area (Å²) in [6.07, 6.45) is -13.6. The lowest BCUT2D eigenvalue weighted by molar-refractivity contribution is -0.143. The van der Waals surface area contributed by atoms with Crippen molar-refractivity contribution in [2.75, 3.05) is 0 Å². The Labute approximate surface area is 159 Å². The number of aryl methyl sites for hydroxylation is 1. The smallest absolute Gasteiger partial charge is 0.416 e. The van der Waals surface area contributed by atoms with Crippen molar-refractivity contribution >= 4 is 5.97 Å². The number of pyridine rings is 1. The molecular formula is C18H13F8NO2. The molecule has 11 heteroatoms. The fourth-order valence-corrected chi connectivity index (χ4v) is 2.39. The first kappa shape index (κ1) is 22.6. The molecule has 1 heterocycles. The number of esters is 1. The van der Waals surface area contributed by atoms with E-state index < -0.39 is 58.8 Å². The molecule has 0 aliphatic rings. The molecule has 0 bridgehead atoms. The van der Waals surface area contributed by atoms with Crippen molar-refractivity contribution in [3.05, 3.63) is 64.0 Å². The van der Waals surface area contributed by atoms with E-state index in [2.05, 4.69) is 4.98 Å². The fourth-order valence-electron chi connectivity index (χ4n) is 2.39. The lowest BCUT2D eigenvalue weighted by Crippen LogP contribution is -2.15. The number of benzene rings is 1. The van der Waals surface area contributed by atoms with E-state index in [9.17, 15) is 39.9 Å². The van der Waals surface area contributed by atoms with E-state index in [1.165, 1.54) is 6.92 Å². The van der Waals surface area contributed by atoms with Crippen molar-refractivity contribution in [1.29, 1.82) is 0 Å². The van der Waals surface area contributed by atoms with Gasteiger partial charge in [0, 0.05) is 11.8 Å². The third-order valence-electron chi connectivity index (χ3n) is 3.95. The average molecular weight is 427 g/mol. The maximum Gasteiger partial charge on any atom is 0.416 e. The number of alkyl halides is 8. The van der Waals surface area contributed by atoms with Crippen LogP contribution in [-0.4, -0.2) is 11.0 Å². The third-order valence-corrected chi connectivity index (χ3v) is 3.95. The number of rotatable bonds is 4. The largest absolute Gasteiger partial charge is 0.453 e. The summed E-state index contributed by atoms with van der Waals surface area (Å²) in [6.45, 7) is 2.38. The van der Waals surface area contributed by atoms with Crippen LogP contribution >= 0.6 is 0 Å². The van der Waals surface area contributed by atoms with Crippen molar-refractivity contribution in [3.63, 3.8) is 0 Å². The average Bonchev–Trinajstić information content (AvgIpc) is 2.59. The zero-order valence-electron chi connectivity index (χ0n) is 14.8. The van der Waals surface area contributed by atoms with Gasteiger partial charge in [-0.1, -0.05) is 0 Å². The predicted molar refractivity (Wildman–Crippen MR) is 84.2 cm³/mol. The highest BCUT2D eigenvalue weighted by Gasteiger charge is 2.37. The Bertz CT molecular complexity index is 873. The van der Waals surface area contributed by atoms with Gasteiger partial charge in [-0.25, -0.2) is 18.6 Å². The van der Waals surface area contributed by atoms with Crippen LogP contribution in [0.3, 0.4) is 0 Å². The minimum atomic E-state index is -5.07. The summed E-state index contributed by atoms with van der Waals surface area (Å²) >= 11 is 0. The zero-order chi connectivity index (χ0) is 22.1. The van der Waals surface area contributed by atoms with Gasteiger partial charge in [0.05, 0.1) is 11.1 Å². The maximum absolute atomic E-state index is 12.9. The molecule has 1 aromatic heterocycles. The Balaban J connectivity index is 2.36. The monoisotopic (exact) mass is 427 g/mol. The highest BCUT2D eigenvalue weighted by Crippen LogP contribution is 2.38. The number of nitrogens with zero attached hydrogens (tertiary/aromatic N) is 1. The number of hydrogen-bond acceptors (Lipinski definition) is 3. The van der Waals surface area contributed by atoms with E-state index in [0.29, 0.717) is 12.1 Å². The molecule has 0 aliphatic carbocycles. The van der Waals surface area contributed by atoms with Gasteiger partial charge in [-0.15, -0.1) is 0 Å². The van der Waals surface area contributed by atoms with Gasteiger partial charge in [-0.05, 0) is 49.2 Å². The first-order chi connectivity index (χ1) is 13.2. The van der Waals surface area contributed by atoms with Gasteiger partial charge in [0.25, 0.3) is 6.43 Å². The van der Waals surface area contributed by atoms with Crippen LogP contribution in [0.2, 0.25) is 0 Å². The van der Waals surface area contributed by atoms with E-state index in [0.717, 1.165) is 19.2 Å². The molecule has 0 saturated heterocycles. The summed E-state index contributed by atoms with van der Waals surface area (Å²) in [7, 11) is 0. The molecule has 0 unspecified atom stereocenters. The lowest BCUT2D eigenvalue weighted by atomic mass is 10.0. The summed E-state index contributed by atoms with van der Waals surface area (Å²) in [5, 5.41) is 0. The first-order valence-corrected chi connectivity index (χ1v) is 7.95. The Morgan fingerprint density at radius 3 is 1.93 bits per heavy atom. The number of carbonyl (C=O) groups excluding carboxylic acids is 1. The van der Waals surface area contributed by atoms with E-state index >= 15 is 0 Å². The highest BCUT2D eigenvalue weighted by molar-refractivity contribution is 5.87. The molecule has 2 rings (SSSR count). The normalized spacial score (nSPS) is 13.5.